The van der Waals surface area contributed by atoms with E-state index in [1.165, 1.54) is 24.3 Å². The third-order valence-electron chi connectivity index (χ3n) is 4.54. The fourth-order valence-electron chi connectivity index (χ4n) is 3.02. The highest BCUT2D eigenvalue weighted by atomic mass is 19.3. The van der Waals surface area contributed by atoms with E-state index >= 15 is 0 Å². The smallest absolute Gasteiger partial charge is 0.425 e. The van der Waals surface area contributed by atoms with Crippen LogP contribution in [0.4, 0.5) is 22.0 Å². The molecule has 0 amide bonds. The number of benzene rings is 2. The van der Waals surface area contributed by atoms with Crippen molar-refractivity contribution < 1.29 is 31.4 Å². The van der Waals surface area contributed by atoms with Crippen LogP contribution in [0.3, 0.4) is 0 Å². The molecule has 0 aliphatic carbocycles. The Morgan fingerprint density at radius 1 is 1.04 bits per heavy atom. The molecule has 1 atom stereocenters. The van der Waals surface area contributed by atoms with Crippen molar-refractivity contribution in [3.05, 3.63) is 65.7 Å². The molecule has 0 aromatic heterocycles. The average Bonchev–Trinajstić information content (AvgIpc) is 2.67. The van der Waals surface area contributed by atoms with Crippen LogP contribution >= 0.6 is 0 Å². The number of ether oxygens (including phenoxy) is 2. The van der Waals surface area contributed by atoms with E-state index in [0.29, 0.717) is 12.0 Å². The minimum absolute atomic E-state index is 0.0552. The molecule has 3 rings (SSSR count). The summed E-state index contributed by atoms with van der Waals surface area (Å²) in [6.07, 6.45) is -0.129. The summed E-state index contributed by atoms with van der Waals surface area (Å²) in [6.45, 7) is 2.00. The first-order chi connectivity index (χ1) is 13.3. The van der Waals surface area contributed by atoms with Crippen LogP contribution in [-0.2, 0) is 4.74 Å². The summed E-state index contributed by atoms with van der Waals surface area (Å²) >= 11 is 0. The molecule has 2 aromatic carbocycles. The van der Waals surface area contributed by atoms with Gasteiger partial charge in [0.15, 0.2) is 17.5 Å². The highest BCUT2D eigenvalue weighted by molar-refractivity contribution is 5.64. The van der Waals surface area contributed by atoms with E-state index in [1.807, 2.05) is 6.92 Å². The first-order valence-electron chi connectivity index (χ1n) is 8.97. The number of hydrogen-bond donors (Lipinski definition) is 0. The molecule has 2 nitrogen and oxygen atoms in total. The SMILES string of the molecule is CCCC1CCC(C(F)(F)Oc2ccc(-c3cc(F)c(F)c(F)c3)cc2)=CO1. The minimum Gasteiger partial charge on any atom is -0.498 e. The molecular formula is C21H19F5O2. The summed E-state index contributed by atoms with van der Waals surface area (Å²) in [5.41, 5.74) is 0.169. The van der Waals surface area contributed by atoms with Crippen molar-refractivity contribution in [2.24, 2.45) is 0 Å². The van der Waals surface area contributed by atoms with Crippen molar-refractivity contribution in [1.82, 2.24) is 0 Å². The summed E-state index contributed by atoms with van der Waals surface area (Å²) in [6, 6.07) is 6.90. The minimum atomic E-state index is -3.53. The van der Waals surface area contributed by atoms with Crippen LogP contribution in [0, 0.1) is 17.5 Å². The van der Waals surface area contributed by atoms with Crippen molar-refractivity contribution in [1.29, 1.82) is 0 Å². The van der Waals surface area contributed by atoms with Gasteiger partial charge in [0.2, 0.25) is 0 Å². The molecule has 0 fully saturated rings. The van der Waals surface area contributed by atoms with Crippen LogP contribution in [-0.4, -0.2) is 12.2 Å². The van der Waals surface area contributed by atoms with E-state index in [-0.39, 0.29) is 29.4 Å². The largest absolute Gasteiger partial charge is 0.498 e. The van der Waals surface area contributed by atoms with Gasteiger partial charge in [0.1, 0.15) is 5.75 Å². The molecule has 7 heteroatoms. The topological polar surface area (TPSA) is 18.5 Å². The Balaban J connectivity index is 1.72. The summed E-state index contributed by atoms with van der Waals surface area (Å²) in [5, 5.41) is 0. The zero-order valence-corrected chi connectivity index (χ0v) is 15.2. The molecule has 1 aliphatic heterocycles. The molecule has 0 saturated carbocycles. The zero-order chi connectivity index (χ0) is 20.3. The highest BCUT2D eigenvalue weighted by Crippen LogP contribution is 2.35. The monoisotopic (exact) mass is 398 g/mol. The van der Waals surface area contributed by atoms with Gasteiger partial charge in [-0.15, -0.1) is 0 Å². The second-order valence-electron chi connectivity index (χ2n) is 6.63. The van der Waals surface area contributed by atoms with E-state index in [0.717, 1.165) is 31.2 Å². The standard InChI is InChI=1S/C21H19F5O2/c1-2-3-16-9-6-15(12-27-16)21(25,26)28-17-7-4-13(5-8-17)14-10-18(22)20(24)19(23)11-14/h4-5,7-8,10-12,16H,2-3,6,9H2,1H3. The van der Waals surface area contributed by atoms with Crippen molar-refractivity contribution in [2.45, 2.75) is 44.8 Å². The van der Waals surface area contributed by atoms with Crippen LogP contribution < -0.4 is 4.74 Å². The molecule has 0 spiro atoms. The van der Waals surface area contributed by atoms with Gasteiger partial charge in [0.05, 0.1) is 17.9 Å². The highest BCUT2D eigenvalue weighted by Gasteiger charge is 2.39. The van der Waals surface area contributed by atoms with Crippen LogP contribution in [0.2, 0.25) is 0 Å². The van der Waals surface area contributed by atoms with E-state index in [2.05, 4.69) is 0 Å². The molecule has 2 aromatic rings. The molecule has 1 heterocycles. The molecule has 0 radical (unpaired) electrons. The van der Waals surface area contributed by atoms with Gasteiger partial charge in [-0.1, -0.05) is 25.5 Å². The lowest BCUT2D eigenvalue weighted by Crippen LogP contribution is -2.30. The molecule has 0 saturated heterocycles. The molecule has 1 unspecified atom stereocenters. The van der Waals surface area contributed by atoms with Gasteiger partial charge in [-0.2, -0.15) is 8.78 Å². The Bertz CT molecular complexity index is 839. The van der Waals surface area contributed by atoms with Crippen LogP contribution in [0.15, 0.2) is 48.2 Å². The summed E-state index contributed by atoms with van der Waals surface area (Å²) in [5.74, 6) is -4.33. The molecule has 0 N–H and O–H groups in total. The first kappa shape index (κ1) is 20.2. The van der Waals surface area contributed by atoms with Gasteiger partial charge in [-0.05, 0) is 54.7 Å². The molecule has 1 aliphatic rings. The predicted octanol–water partition coefficient (Wildman–Crippen LogP) is 6.61. The lowest BCUT2D eigenvalue weighted by atomic mass is 10.0. The normalized spacial score (nSPS) is 17.1. The molecular weight excluding hydrogens is 379 g/mol. The van der Waals surface area contributed by atoms with E-state index in [4.69, 9.17) is 9.47 Å². The Labute approximate surface area is 159 Å². The lowest BCUT2D eigenvalue weighted by Gasteiger charge is -2.27. The summed E-state index contributed by atoms with van der Waals surface area (Å²) in [4.78, 5) is 0. The number of hydrogen-bond acceptors (Lipinski definition) is 2. The fourth-order valence-corrected chi connectivity index (χ4v) is 3.02. The maximum absolute atomic E-state index is 14.4. The second-order valence-corrected chi connectivity index (χ2v) is 6.63. The van der Waals surface area contributed by atoms with E-state index in [9.17, 15) is 22.0 Å². The Kier molecular flexibility index (Phi) is 5.91. The molecule has 150 valence electrons. The zero-order valence-electron chi connectivity index (χ0n) is 15.2. The maximum atomic E-state index is 14.4. The Morgan fingerprint density at radius 3 is 2.21 bits per heavy atom. The summed E-state index contributed by atoms with van der Waals surface area (Å²) < 4.78 is 78.6. The predicted molar refractivity (Wildman–Crippen MR) is 94.4 cm³/mol. The van der Waals surface area contributed by atoms with Crippen LogP contribution in [0.1, 0.15) is 32.6 Å². The molecule has 28 heavy (non-hydrogen) atoms. The Hall–Kier alpha value is -2.57. The van der Waals surface area contributed by atoms with Crippen molar-refractivity contribution in [3.8, 4) is 16.9 Å². The number of rotatable bonds is 6. The summed E-state index contributed by atoms with van der Waals surface area (Å²) in [7, 11) is 0. The van der Waals surface area contributed by atoms with Crippen LogP contribution in [0.5, 0.6) is 5.75 Å². The van der Waals surface area contributed by atoms with Gasteiger partial charge in [0, 0.05) is 0 Å². The van der Waals surface area contributed by atoms with Gasteiger partial charge < -0.3 is 9.47 Å². The van der Waals surface area contributed by atoms with Crippen LogP contribution in [0.25, 0.3) is 11.1 Å². The average molecular weight is 398 g/mol. The van der Waals surface area contributed by atoms with Crippen molar-refractivity contribution >= 4 is 0 Å². The third-order valence-corrected chi connectivity index (χ3v) is 4.54. The van der Waals surface area contributed by atoms with Gasteiger partial charge in [-0.3, -0.25) is 0 Å². The second kappa shape index (κ2) is 8.20. The van der Waals surface area contributed by atoms with Crippen molar-refractivity contribution in [3.63, 3.8) is 0 Å². The number of alkyl halides is 2. The maximum Gasteiger partial charge on any atom is 0.425 e. The third kappa shape index (κ3) is 4.46. The van der Waals surface area contributed by atoms with Gasteiger partial charge in [0.25, 0.3) is 0 Å². The Morgan fingerprint density at radius 2 is 1.68 bits per heavy atom. The van der Waals surface area contributed by atoms with E-state index < -0.39 is 23.6 Å². The number of halogens is 5. The fraction of sp³-hybridized carbons (Fsp3) is 0.333. The lowest BCUT2D eigenvalue weighted by molar-refractivity contribution is -0.149. The molecule has 0 bridgehead atoms. The van der Waals surface area contributed by atoms with Gasteiger partial charge >= 0.3 is 6.11 Å². The van der Waals surface area contributed by atoms with Gasteiger partial charge in [-0.25, -0.2) is 13.2 Å². The van der Waals surface area contributed by atoms with Crippen molar-refractivity contribution in [2.75, 3.05) is 0 Å². The van der Waals surface area contributed by atoms with E-state index in [1.54, 1.807) is 0 Å². The first-order valence-corrected chi connectivity index (χ1v) is 8.97. The quantitative estimate of drug-likeness (QED) is 0.403.